The van der Waals surface area contributed by atoms with Gasteiger partial charge in [0.2, 0.25) is 0 Å². The van der Waals surface area contributed by atoms with Gasteiger partial charge in [-0.15, -0.1) is 0 Å². The molecule has 2 aromatic carbocycles. The first-order chi connectivity index (χ1) is 13.1. The standard InChI is InChI=1S/C19H16ClN3O4/c1-26-17-8-7-13(20)9-15(17)21-18(24)11-27-19(25)16-10-14(22-23-16)12-5-3-2-4-6-12/h2-10H,11H2,1H3,(H,21,24)(H,22,23). The predicted octanol–water partition coefficient (Wildman–Crippen LogP) is 3.53. The number of nitrogens with zero attached hydrogens (tertiary/aromatic N) is 1. The van der Waals surface area contributed by atoms with E-state index in [-0.39, 0.29) is 5.69 Å². The molecule has 0 aliphatic rings. The number of H-pyrrole nitrogens is 1. The van der Waals surface area contributed by atoms with Crippen LogP contribution >= 0.6 is 11.6 Å². The van der Waals surface area contributed by atoms with Crippen LogP contribution in [0.25, 0.3) is 11.3 Å². The second-order valence-corrected chi connectivity index (χ2v) is 5.94. The summed E-state index contributed by atoms with van der Waals surface area (Å²) in [4.78, 5) is 24.1. The van der Waals surface area contributed by atoms with Gasteiger partial charge in [0.25, 0.3) is 5.91 Å². The molecule has 0 atom stereocenters. The van der Waals surface area contributed by atoms with Gasteiger partial charge in [0.05, 0.1) is 18.5 Å². The Labute approximate surface area is 160 Å². The van der Waals surface area contributed by atoms with Gasteiger partial charge in [0, 0.05) is 10.6 Å². The van der Waals surface area contributed by atoms with Crippen LogP contribution < -0.4 is 10.1 Å². The lowest BCUT2D eigenvalue weighted by atomic mass is 10.1. The predicted molar refractivity (Wildman–Crippen MR) is 101 cm³/mol. The zero-order valence-corrected chi connectivity index (χ0v) is 15.1. The molecule has 0 saturated heterocycles. The van der Waals surface area contributed by atoms with Crippen molar-refractivity contribution in [1.82, 2.24) is 10.2 Å². The number of hydrogen-bond acceptors (Lipinski definition) is 5. The Hall–Kier alpha value is -3.32. The van der Waals surface area contributed by atoms with Crippen molar-refractivity contribution >= 4 is 29.2 Å². The van der Waals surface area contributed by atoms with Crippen LogP contribution in [0.15, 0.2) is 54.6 Å². The van der Waals surface area contributed by atoms with E-state index in [1.807, 2.05) is 30.3 Å². The van der Waals surface area contributed by atoms with Crippen LogP contribution in [0.1, 0.15) is 10.5 Å². The number of amides is 1. The highest BCUT2D eigenvalue weighted by molar-refractivity contribution is 6.31. The number of hydrogen-bond donors (Lipinski definition) is 2. The van der Waals surface area contributed by atoms with Gasteiger partial charge in [0.1, 0.15) is 11.4 Å². The van der Waals surface area contributed by atoms with E-state index in [1.165, 1.54) is 7.11 Å². The van der Waals surface area contributed by atoms with Crippen molar-refractivity contribution in [2.24, 2.45) is 0 Å². The largest absolute Gasteiger partial charge is 0.495 e. The minimum Gasteiger partial charge on any atom is -0.495 e. The van der Waals surface area contributed by atoms with Gasteiger partial charge in [-0.2, -0.15) is 5.10 Å². The van der Waals surface area contributed by atoms with Crippen molar-refractivity contribution in [2.75, 3.05) is 19.0 Å². The first kappa shape index (κ1) is 18.5. The molecule has 0 spiro atoms. The molecule has 8 heteroatoms. The number of benzene rings is 2. The molecule has 0 unspecified atom stereocenters. The molecule has 27 heavy (non-hydrogen) atoms. The van der Waals surface area contributed by atoms with Gasteiger partial charge in [-0.25, -0.2) is 4.79 Å². The number of carbonyl (C=O) groups is 2. The number of aromatic amines is 1. The average Bonchev–Trinajstić information content (AvgIpc) is 3.17. The normalized spacial score (nSPS) is 10.3. The van der Waals surface area contributed by atoms with Crippen LogP contribution in [-0.2, 0) is 9.53 Å². The fourth-order valence-electron chi connectivity index (χ4n) is 2.36. The summed E-state index contributed by atoms with van der Waals surface area (Å²) >= 11 is 5.91. The highest BCUT2D eigenvalue weighted by atomic mass is 35.5. The number of methoxy groups -OCH3 is 1. The molecule has 2 N–H and O–H groups in total. The number of aromatic nitrogens is 2. The molecular weight excluding hydrogens is 370 g/mol. The van der Waals surface area contributed by atoms with E-state index in [1.54, 1.807) is 24.3 Å². The summed E-state index contributed by atoms with van der Waals surface area (Å²) < 4.78 is 10.2. The fraction of sp³-hybridized carbons (Fsp3) is 0.105. The third-order valence-electron chi connectivity index (χ3n) is 3.64. The number of halogens is 1. The van der Waals surface area contributed by atoms with E-state index >= 15 is 0 Å². The zero-order chi connectivity index (χ0) is 19.2. The van der Waals surface area contributed by atoms with Gasteiger partial charge in [-0.05, 0) is 24.3 Å². The molecule has 0 aliphatic heterocycles. The van der Waals surface area contributed by atoms with Gasteiger partial charge < -0.3 is 14.8 Å². The molecule has 0 aliphatic carbocycles. The Morgan fingerprint density at radius 1 is 1.15 bits per heavy atom. The quantitative estimate of drug-likeness (QED) is 0.633. The summed E-state index contributed by atoms with van der Waals surface area (Å²) in [7, 11) is 1.47. The first-order valence-electron chi connectivity index (χ1n) is 7.98. The van der Waals surface area contributed by atoms with Crippen LogP contribution in [0.2, 0.25) is 5.02 Å². The van der Waals surface area contributed by atoms with Gasteiger partial charge in [-0.1, -0.05) is 41.9 Å². The maximum absolute atomic E-state index is 12.1. The van der Waals surface area contributed by atoms with E-state index in [4.69, 9.17) is 21.1 Å². The lowest BCUT2D eigenvalue weighted by Gasteiger charge is -2.10. The minimum atomic E-state index is -0.683. The SMILES string of the molecule is COc1ccc(Cl)cc1NC(=O)COC(=O)c1cc(-c2ccccc2)n[nH]1. The lowest BCUT2D eigenvalue weighted by Crippen LogP contribution is -2.21. The van der Waals surface area contributed by atoms with E-state index in [9.17, 15) is 9.59 Å². The van der Waals surface area contributed by atoms with Gasteiger partial charge >= 0.3 is 5.97 Å². The van der Waals surface area contributed by atoms with Crippen LogP contribution in [0.3, 0.4) is 0 Å². The van der Waals surface area contributed by atoms with E-state index in [0.717, 1.165) is 5.56 Å². The Bertz CT molecular complexity index is 957. The van der Waals surface area contributed by atoms with Crippen molar-refractivity contribution < 1.29 is 19.1 Å². The van der Waals surface area contributed by atoms with Crippen molar-refractivity contribution in [2.45, 2.75) is 0 Å². The number of anilines is 1. The summed E-state index contributed by atoms with van der Waals surface area (Å²) in [5, 5.41) is 9.71. The Morgan fingerprint density at radius 3 is 2.67 bits per heavy atom. The van der Waals surface area contributed by atoms with Crippen molar-refractivity contribution in [3.8, 4) is 17.0 Å². The monoisotopic (exact) mass is 385 g/mol. The lowest BCUT2D eigenvalue weighted by molar-refractivity contribution is -0.119. The molecule has 1 amide bonds. The summed E-state index contributed by atoms with van der Waals surface area (Å²) in [6.45, 7) is -0.464. The molecule has 3 aromatic rings. The summed E-state index contributed by atoms with van der Waals surface area (Å²) in [5.74, 6) is -0.759. The number of esters is 1. The highest BCUT2D eigenvalue weighted by Crippen LogP contribution is 2.27. The summed E-state index contributed by atoms with van der Waals surface area (Å²) in [6.07, 6.45) is 0. The maximum atomic E-state index is 12.1. The highest BCUT2D eigenvalue weighted by Gasteiger charge is 2.15. The summed E-state index contributed by atoms with van der Waals surface area (Å²) in [5.41, 5.74) is 2.01. The smallest absolute Gasteiger partial charge is 0.356 e. The fourth-order valence-corrected chi connectivity index (χ4v) is 2.53. The Kier molecular flexibility index (Phi) is 5.73. The van der Waals surface area contributed by atoms with Gasteiger partial charge in [-0.3, -0.25) is 9.89 Å². The van der Waals surface area contributed by atoms with Crippen molar-refractivity contribution in [1.29, 1.82) is 0 Å². The number of carbonyl (C=O) groups excluding carboxylic acids is 2. The third-order valence-corrected chi connectivity index (χ3v) is 3.87. The van der Waals surface area contributed by atoms with E-state index in [0.29, 0.717) is 22.2 Å². The van der Waals surface area contributed by atoms with Crippen LogP contribution in [0, 0.1) is 0 Å². The topological polar surface area (TPSA) is 93.3 Å². The Morgan fingerprint density at radius 2 is 1.93 bits per heavy atom. The molecule has 0 fully saturated rings. The number of rotatable bonds is 6. The molecule has 1 heterocycles. The molecular formula is C19H16ClN3O4. The minimum absolute atomic E-state index is 0.155. The van der Waals surface area contributed by atoms with Crippen molar-refractivity contribution in [3.05, 3.63) is 65.3 Å². The molecule has 1 aromatic heterocycles. The molecule has 0 saturated carbocycles. The zero-order valence-electron chi connectivity index (χ0n) is 14.4. The molecule has 3 rings (SSSR count). The molecule has 0 radical (unpaired) electrons. The Balaban J connectivity index is 1.59. The maximum Gasteiger partial charge on any atom is 0.356 e. The third kappa shape index (κ3) is 4.65. The first-order valence-corrected chi connectivity index (χ1v) is 8.36. The number of ether oxygens (including phenoxy) is 2. The molecule has 0 bridgehead atoms. The van der Waals surface area contributed by atoms with Crippen molar-refractivity contribution in [3.63, 3.8) is 0 Å². The second kappa shape index (κ2) is 8.37. The van der Waals surface area contributed by atoms with E-state index in [2.05, 4.69) is 15.5 Å². The molecule has 138 valence electrons. The van der Waals surface area contributed by atoms with Crippen LogP contribution in [0.4, 0.5) is 5.69 Å². The number of nitrogens with one attached hydrogen (secondary N) is 2. The molecule has 7 nitrogen and oxygen atoms in total. The van der Waals surface area contributed by atoms with Crippen LogP contribution in [0.5, 0.6) is 5.75 Å². The van der Waals surface area contributed by atoms with Gasteiger partial charge in [0.15, 0.2) is 6.61 Å². The van der Waals surface area contributed by atoms with E-state index < -0.39 is 18.5 Å². The van der Waals surface area contributed by atoms with Crippen LogP contribution in [-0.4, -0.2) is 35.8 Å². The summed E-state index contributed by atoms with van der Waals surface area (Å²) in [6, 6.07) is 15.7. The second-order valence-electron chi connectivity index (χ2n) is 5.50. The average molecular weight is 386 g/mol.